The van der Waals surface area contributed by atoms with Crippen LogP contribution in [-0.2, 0) is 6.42 Å². The van der Waals surface area contributed by atoms with Crippen molar-refractivity contribution < 1.29 is 5.11 Å². The van der Waals surface area contributed by atoms with Crippen LogP contribution < -0.4 is 0 Å². The van der Waals surface area contributed by atoms with Gasteiger partial charge in [-0.1, -0.05) is 43.1 Å². The van der Waals surface area contributed by atoms with E-state index >= 15 is 0 Å². The normalized spacial score (nSPS) is 29.6. The maximum absolute atomic E-state index is 10.5. The molecule has 1 aromatic carbocycles. The van der Waals surface area contributed by atoms with Gasteiger partial charge in [0.15, 0.2) is 0 Å². The summed E-state index contributed by atoms with van der Waals surface area (Å²) in [6.07, 6.45) is 4.86. The minimum atomic E-state index is -0.522. The SMILES string of the molecule is CCC1CCC(O)(Cc2ccccc2Cl)C1. The number of aliphatic hydroxyl groups is 1. The molecule has 1 aromatic rings. The van der Waals surface area contributed by atoms with Crippen molar-refractivity contribution in [3.05, 3.63) is 34.9 Å². The fourth-order valence-corrected chi connectivity index (χ4v) is 2.92. The van der Waals surface area contributed by atoms with Gasteiger partial charge in [0.1, 0.15) is 0 Å². The average Bonchev–Trinajstić information content (AvgIpc) is 2.64. The fraction of sp³-hybridized carbons (Fsp3) is 0.571. The van der Waals surface area contributed by atoms with Gasteiger partial charge >= 0.3 is 0 Å². The summed E-state index contributed by atoms with van der Waals surface area (Å²) in [5.41, 5.74) is 0.550. The zero-order valence-electron chi connectivity index (χ0n) is 9.75. The second-order valence-electron chi connectivity index (χ2n) is 5.01. The van der Waals surface area contributed by atoms with Crippen molar-refractivity contribution in [2.24, 2.45) is 5.92 Å². The zero-order valence-corrected chi connectivity index (χ0v) is 10.5. The first-order chi connectivity index (χ1) is 7.63. The Morgan fingerprint density at radius 2 is 2.19 bits per heavy atom. The first-order valence-electron chi connectivity index (χ1n) is 6.09. The van der Waals surface area contributed by atoms with E-state index in [9.17, 15) is 5.11 Å². The summed E-state index contributed by atoms with van der Waals surface area (Å²) in [7, 11) is 0. The lowest BCUT2D eigenvalue weighted by Crippen LogP contribution is -2.28. The second-order valence-corrected chi connectivity index (χ2v) is 5.42. The van der Waals surface area contributed by atoms with Crippen LogP contribution in [0.25, 0.3) is 0 Å². The summed E-state index contributed by atoms with van der Waals surface area (Å²) in [4.78, 5) is 0. The predicted molar refractivity (Wildman–Crippen MR) is 67.7 cm³/mol. The molecule has 0 aliphatic heterocycles. The Morgan fingerprint density at radius 1 is 1.44 bits per heavy atom. The minimum Gasteiger partial charge on any atom is -0.390 e. The molecule has 1 saturated carbocycles. The lowest BCUT2D eigenvalue weighted by molar-refractivity contribution is 0.0437. The topological polar surface area (TPSA) is 20.2 Å². The molecule has 0 heterocycles. The van der Waals surface area contributed by atoms with E-state index in [1.807, 2.05) is 24.3 Å². The molecule has 88 valence electrons. The quantitative estimate of drug-likeness (QED) is 0.849. The summed E-state index contributed by atoms with van der Waals surface area (Å²) >= 11 is 6.12. The predicted octanol–water partition coefficient (Wildman–Crippen LogP) is 3.82. The number of hydrogen-bond donors (Lipinski definition) is 1. The maximum atomic E-state index is 10.5. The van der Waals surface area contributed by atoms with Gasteiger partial charge in [0.2, 0.25) is 0 Å². The Balaban J connectivity index is 2.08. The molecule has 0 amide bonds. The third kappa shape index (κ3) is 2.58. The van der Waals surface area contributed by atoms with Gasteiger partial charge in [0.25, 0.3) is 0 Å². The highest BCUT2D eigenvalue weighted by Gasteiger charge is 2.36. The van der Waals surface area contributed by atoms with Gasteiger partial charge < -0.3 is 5.11 Å². The molecular formula is C14H19ClO. The van der Waals surface area contributed by atoms with Crippen molar-refractivity contribution in [3.63, 3.8) is 0 Å². The Kier molecular flexibility index (Phi) is 3.56. The van der Waals surface area contributed by atoms with Crippen LogP contribution in [0.3, 0.4) is 0 Å². The van der Waals surface area contributed by atoms with E-state index in [2.05, 4.69) is 6.92 Å². The van der Waals surface area contributed by atoms with E-state index in [1.54, 1.807) is 0 Å². The molecule has 1 aliphatic carbocycles. The van der Waals surface area contributed by atoms with E-state index in [-0.39, 0.29) is 0 Å². The van der Waals surface area contributed by atoms with E-state index in [1.165, 1.54) is 6.42 Å². The summed E-state index contributed by atoms with van der Waals surface area (Å²) in [5.74, 6) is 0.687. The maximum Gasteiger partial charge on any atom is 0.0691 e. The molecule has 0 bridgehead atoms. The van der Waals surface area contributed by atoms with Crippen molar-refractivity contribution in [3.8, 4) is 0 Å². The van der Waals surface area contributed by atoms with Gasteiger partial charge in [-0.15, -0.1) is 0 Å². The van der Waals surface area contributed by atoms with Gasteiger partial charge in [-0.25, -0.2) is 0 Å². The van der Waals surface area contributed by atoms with Crippen LogP contribution in [-0.4, -0.2) is 10.7 Å². The van der Waals surface area contributed by atoms with Gasteiger partial charge in [0, 0.05) is 11.4 Å². The molecule has 0 saturated heterocycles. The van der Waals surface area contributed by atoms with Crippen molar-refractivity contribution in [2.45, 2.75) is 44.6 Å². The van der Waals surface area contributed by atoms with Crippen molar-refractivity contribution >= 4 is 11.6 Å². The molecule has 2 atom stereocenters. The second kappa shape index (κ2) is 4.77. The molecule has 0 spiro atoms. The molecule has 16 heavy (non-hydrogen) atoms. The van der Waals surface area contributed by atoms with Crippen LogP contribution in [0.4, 0.5) is 0 Å². The number of rotatable bonds is 3. The molecule has 0 radical (unpaired) electrons. The molecular weight excluding hydrogens is 220 g/mol. The summed E-state index contributed by atoms with van der Waals surface area (Å²) in [6, 6.07) is 7.82. The molecule has 1 fully saturated rings. The van der Waals surface area contributed by atoms with Gasteiger partial charge in [-0.3, -0.25) is 0 Å². The van der Waals surface area contributed by atoms with Crippen LogP contribution in [0, 0.1) is 5.92 Å². The molecule has 2 heteroatoms. The van der Waals surface area contributed by atoms with E-state index in [0.717, 1.165) is 29.8 Å². The number of hydrogen-bond acceptors (Lipinski definition) is 1. The highest BCUT2D eigenvalue weighted by molar-refractivity contribution is 6.31. The summed E-state index contributed by atoms with van der Waals surface area (Å²) < 4.78 is 0. The molecule has 0 aromatic heterocycles. The van der Waals surface area contributed by atoms with Crippen molar-refractivity contribution in [1.29, 1.82) is 0 Å². The molecule has 1 nitrogen and oxygen atoms in total. The molecule has 2 unspecified atom stereocenters. The van der Waals surface area contributed by atoms with Crippen LogP contribution in [0.5, 0.6) is 0 Å². The number of halogens is 1. The van der Waals surface area contributed by atoms with Crippen LogP contribution in [0.15, 0.2) is 24.3 Å². The largest absolute Gasteiger partial charge is 0.390 e. The number of benzene rings is 1. The minimum absolute atomic E-state index is 0.522. The highest BCUT2D eigenvalue weighted by Crippen LogP contribution is 2.39. The Hall–Kier alpha value is -0.530. The van der Waals surface area contributed by atoms with E-state index in [0.29, 0.717) is 12.3 Å². The molecule has 1 aliphatic rings. The monoisotopic (exact) mass is 238 g/mol. The lowest BCUT2D eigenvalue weighted by Gasteiger charge is -2.23. The molecule has 1 N–H and O–H groups in total. The third-order valence-corrected chi connectivity index (χ3v) is 4.11. The summed E-state index contributed by atoms with van der Waals surface area (Å²) in [5, 5.41) is 11.3. The van der Waals surface area contributed by atoms with Gasteiger partial charge in [0.05, 0.1) is 5.60 Å². The standard InChI is InChI=1S/C14H19ClO/c1-2-11-7-8-14(16,9-11)10-12-5-3-4-6-13(12)15/h3-6,11,16H,2,7-10H2,1H3. The Labute approximate surface area is 102 Å². The average molecular weight is 239 g/mol. The zero-order chi connectivity index (χ0) is 11.6. The molecule has 2 rings (SSSR count). The Bertz CT molecular complexity index is 364. The first kappa shape index (κ1) is 11.9. The van der Waals surface area contributed by atoms with Crippen LogP contribution >= 0.6 is 11.6 Å². The van der Waals surface area contributed by atoms with E-state index < -0.39 is 5.60 Å². The van der Waals surface area contributed by atoms with Gasteiger partial charge in [-0.2, -0.15) is 0 Å². The van der Waals surface area contributed by atoms with Gasteiger partial charge in [-0.05, 0) is 36.8 Å². The van der Waals surface area contributed by atoms with Crippen LogP contribution in [0.2, 0.25) is 5.02 Å². The smallest absolute Gasteiger partial charge is 0.0691 e. The highest BCUT2D eigenvalue weighted by atomic mass is 35.5. The third-order valence-electron chi connectivity index (χ3n) is 3.74. The Morgan fingerprint density at radius 3 is 2.81 bits per heavy atom. The van der Waals surface area contributed by atoms with Crippen molar-refractivity contribution in [2.75, 3.05) is 0 Å². The summed E-state index contributed by atoms with van der Waals surface area (Å²) in [6.45, 7) is 2.20. The van der Waals surface area contributed by atoms with E-state index in [4.69, 9.17) is 11.6 Å². The lowest BCUT2D eigenvalue weighted by atomic mass is 9.91. The van der Waals surface area contributed by atoms with Crippen molar-refractivity contribution in [1.82, 2.24) is 0 Å². The first-order valence-corrected chi connectivity index (χ1v) is 6.46. The fourth-order valence-electron chi connectivity index (χ4n) is 2.72. The van der Waals surface area contributed by atoms with Crippen LogP contribution in [0.1, 0.15) is 38.2 Å².